The molecule has 0 unspecified atom stereocenters. The smallest absolute Gasteiger partial charge is 0.370 e. The molecule has 0 fully saturated rings. The van der Waals surface area contributed by atoms with Crippen LogP contribution in [0.1, 0.15) is 11.1 Å². The molecule has 0 spiro atoms. The van der Waals surface area contributed by atoms with Crippen LogP contribution < -0.4 is 17.2 Å². The molecule has 0 amide bonds. The Morgan fingerprint density at radius 1 is 1.25 bits per heavy atom. The van der Waals surface area contributed by atoms with Crippen molar-refractivity contribution in [1.82, 2.24) is 0 Å². The van der Waals surface area contributed by atoms with Gasteiger partial charge in [-0.25, -0.2) is 4.99 Å². The molecule has 1 aromatic carbocycles. The zero-order valence-corrected chi connectivity index (χ0v) is 11.3. The average Bonchev–Trinajstić information content (AvgIpc) is 2.28. The molecule has 6 nitrogen and oxygen atoms in total. The lowest BCUT2D eigenvalue weighted by Gasteiger charge is -2.12. The summed E-state index contributed by atoms with van der Waals surface area (Å²) in [6.07, 6.45) is -4.72. The van der Waals surface area contributed by atoms with Crippen LogP contribution in [0.3, 0.4) is 0 Å². The zero-order chi connectivity index (χ0) is 15.5. The third-order valence-electron chi connectivity index (χ3n) is 1.97. The standard InChI is InChI=1S/C10H8BrF3N6/c11-6-2-4(3-15)1-5(10(12,13)14)7(6)19-9(18)20-8(16)17/h1-2H,(H6,16,17,18,19,20). The molecule has 20 heavy (non-hydrogen) atoms. The number of guanidine groups is 2. The fourth-order valence-corrected chi connectivity index (χ4v) is 1.81. The van der Waals surface area contributed by atoms with Crippen LogP contribution in [0.25, 0.3) is 0 Å². The van der Waals surface area contributed by atoms with E-state index in [0.29, 0.717) is 6.07 Å². The van der Waals surface area contributed by atoms with Crippen molar-refractivity contribution in [2.45, 2.75) is 6.18 Å². The van der Waals surface area contributed by atoms with Crippen LogP contribution in [0.2, 0.25) is 0 Å². The molecule has 10 heteroatoms. The van der Waals surface area contributed by atoms with Crippen LogP contribution in [0.15, 0.2) is 26.6 Å². The van der Waals surface area contributed by atoms with Crippen LogP contribution in [0.4, 0.5) is 18.9 Å². The maximum absolute atomic E-state index is 12.9. The topological polar surface area (TPSA) is 127 Å². The van der Waals surface area contributed by atoms with Crippen LogP contribution in [-0.2, 0) is 6.18 Å². The molecule has 0 atom stereocenters. The van der Waals surface area contributed by atoms with Crippen LogP contribution in [-0.4, -0.2) is 11.9 Å². The molecule has 6 N–H and O–H groups in total. The van der Waals surface area contributed by atoms with Crippen molar-refractivity contribution >= 4 is 33.5 Å². The molecule has 0 heterocycles. The number of rotatable bonds is 1. The molecule has 0 aromatic heterocycles. The molecule has 0 saturated carbocycles. The summed E-state index contributed by atoms with van der Waals surface area (Å²) in [6.45, 7) is 0. The highest BCUT2D eigenvalue weighted by Crippen LogP contribution is 2.41. The summed E-state index contributed by atoms with van der Waals surface area (Å²) in [5.41, 5.74) is 13.6. The third kappa shape index (κ3) is 3.86. The van der Waals surface area contributed by atoms with E-state index in [2.05, 4.69) is 25.9 Å². The van der Waals surface area contributed by atoms with E-state index in [4.69, 9.17) is 22.5 Å². The number of hydrogen-bond acceptors (Lipinski definition) is 2. The first-order valence-electron chi connectivity index (χ1n) is 4.89. The fourth-order valence-electron chi connectivity index (χ4n) is 1.27. The monoisotopic (exact) mass is 348 g/mol. The first-order chi connectivity index (χ1) is 9.15. The predicted octanol–water partition coefficient (Wildman–Crippen LogP) is 1.56. The Bertz CT molecular complexity index is 625. The van der Waals surface area contributed by atoms with Crippen molar-refractivity contribution in [3.8, 4) is 6.07 Å². The van der Waals surface area contributed by atoms with E-state index in [1.807, 2.05) is 0 Å². The van der Waals surface area contributed by atoms with E-state index in [1.165, 1.54) is 6.07 Å². The number of nitriles is 1. The number of benzene rings is 1. The zero-order valence-electron chi connectivity index (χ0n) is 9.74. The van der Waals surface area contributed by atoms with Gasteiger partial charge in [-0.3, -0.25) is 0 Å². The summed E-state index contributed by atoms with van der Waals surface area (Å²) in [7, 11) is 0. The van der Waals surface area contributed by atoms with Crippen LogP contribution in [0, 0.1) is 11.3 Å². The SMILES string of the molecule is N#Cc1cc(Br)c(N=C(N)N=C(N)N)c(C(F)(F)F)c1. The number of halogens is 4. The molecular weight excluding hydrogens is 341 g/mol. The molecule has 1 rings (SSSR count). The predicted molar refractivity (Wildman–Crippen MR) is 71.0 cm³/mol. The van der Waals surface area contributed by atoms with Gasteiger partial charge in [-0.1, -0.05) is 0 Å². The number of alkyl halides is 3. The van der Waals surface area contributed by atoms with Crippen molar-refractivity contribution in [2.75, 3.05) is 0 Å². The van der Waals surface area contributed by atoms with E-state index in [-0.39, 0.29) is 10.0 Å². The average molecular weight is 349 g/mol. The molecule has 0 aliphatic heterocycles. The minimum Gasteiger partial charge on any atom is -0.370 e. The van der Waals surface area contributed by atoms with Gasteiger partial charge in [0.05, 0.1) is 22.9 Å². The maximum atomic E-state index is 12.9. The summed E-state index contributed by atoms with van der Waals surface area (Å²) in [6, 6.07) is 3.45. The molecular formula is C10H8BrF3N6. The van der Waals surface area contributed by atoms with E-state index < -0.39 is 29.3 Å². The van der Waals surface area contributed by atoms with Gasteiger partial charge >= 0.3 is 6.18 Å². The van der Waals surface area contributed by atoms with Gasteiger partial charge in [0.2, 0.25) is 5.96 Å². The highest BCUT2D eigenvalue weighted by molar-refractivity contribution is 9.10. The number of nitrogens with zero attached hydrogens (tertiary/aromatic N) is 3. The Kier molecular flexibility index (Phi) is 4.57. The van der Waals surface area contributed by atoms with E-state index >= 15 is 0 Å². The molecule has 106 valence electrons. The Morgan fingerprint density at radius 3 is 2.30 bits per heavy atom. The van der Waals surface area contributed by atoms with Crippen molar-refractivity contribution in [3.63, 3.8) is 0 Å². The van der Waals surface area contributed by atoms with Crippen LogP contribution in [0.5, 0.6) is 0 Å². The van der Waals surface area contributed by atoms with E-state index in [9.17, 15) is 13.2 Å². The van der Waals surface area contributed by atoms with E-state index in [0.717, 1.165) is 0 Å². The number of aliphatic imine (C=N–C) groups is 2. The molecule has 1 aromatic rings. The highest BCUT2D eigenvalue weighted by Gasteiger charge is 2.35. The Balaban J connectivity index is 3.54. The lowest BCUT2D eigenvalue weighted by atomic mass is 10.1. The number of nitrogens with two attached hydrogens (primary N) is 3. The molecule has 0 aliphatic carbocycles. The molecule has 0 bridgehead atoms. The quantitative estimate of drug-likeness (QED) is 0.525. The van der Waals surface area contributed by atoms with Crippen molar-refractivity contribution < 1.29 is 13.2 Å². The molecule has 0 radical (unpaired) electrons. The summed E-state index contributed by atoms with van der Waals surface area (Å²) in [5.74, 6) is -0.981. The Labute approximate surface area is 119 Å². The number of hydrogen-bond donors (Lipinski definition) is 3. The summed E-state index contributed by atoms with van der Waals surface area (Å²) in [5, 5.41) is 8.69. The van der Waals surface area contributed by atoms with Gasteiger partial charge < -0.3 is 17.2 Å². The Hall–Kier alpha value is -2.28. The Morgan fingerprint density at radius 2 is 1.85 bits per heavy atom. The lowest BCUT2D eigenvalue weighted by molar-refractivity contribution is -0.137. The minimum absolute atomic E-state index is 0.0578. The van der Waals surface area contributed by atoms with Gasteiger partial charge in [0, 0.05) is 4.47 Å². The van der Waals surface area contributed by atoms with Crippen molar-refractivity contribution in [1.29, 1.82) is 5.26 Å². The molecule has 0 aliphatic rings. The van der Waals surface area contributed by atoms with Gasteiger partial charge in [-0.05, 0) is 28.1 Å². The largest absolute Gasteiger partial charge is 0.418 e. The van der Waals surface area contributed by atoms with Gasteiger partial charge in [0.1, 0.15) is 0 Å². The summed E-state index contributed by atoms with van der Waals surface area (Å²) >= 11 is 2.90. The van der Waals surface area contributed by atoms with Crippen molar-refractivity contribution in [2.24, 2.45) is 27.2 Å². The summed E-state index contributed by atoms with van der Waals surface area (Å²) < 4.78 is 38.7. The lowest BCUT2D eigenvalue weighted by Crippen LogP contribution is -2.26. The van der Waals surface area contributed by atoms with Gasteiger partial charge in [0.25, 0.3) is 0 Å². The second kappa shape index (κ2) is 5.79. The van der Waals surface area contributed by atoms with Gasteiger partial charge in [-0.2, -0.15) is 23.4 Å². The van der Waals surface area contributed by atoms with Crippen molar-refractivity contribution in [3.05, 3.63) is 27.7 Å². The minimum atomic E-state index is -4.72. The fraction of sp³-hybridized carbons (Fsp3) is 0.100. The van der Waals surface area contributed by atoms with Crippen LogP contribution >= 0.6 is 15.9 Å². The third-order valence-corrected chi connectivity index (χ3v) is 2.57. The van der Waals surface area contributed by atoms with Gasteiger partial charge in [0.15, 0.2) is 5.96 Å². The maximum Gasteiger partial charge on any atom is 0.418 e. The molecule has 0 saturated heterocycles. The van der Waals surface area contributed by atoms with Gasteiger partial charge in [-0.15, -0.1) is 0 Å². The first kappa shape index (κ1) is 15.8. The second-order valence-electron chi connectivity index (χ2n) is 3.47. The summed E-state index contributed by atoms with van der Waals surface area (Å²) in [4.78, 5) is 6.84. The van der Waals surface area contributed by atoms with E-state index in [1.54, 1.807) is 6.07 Å². The second-order valence-corrected chi connectivity index (χ2v) is 4.32. The highest BCUT2D eigenvalue weighted by atomic mass is 79.9. The first-order valence-corrected chi connectivity index (χ1v) is 5.69. The normalized spacial score (nSPS) is 11.8.